The van der Waals surface area contributed by atoms with Crippen molar-refractivity contribution in [3.63, 3.8) is 0 Å². The maximum absolute atomic E-state index is 12.0. The summed E-state index contributed by atoms with van der Waals surface area (Å²) >= 11 is 0. The van der Waals surface area contributed by atoms with Gasteiger partial charge in [-0.15, -0.1) is 0 Å². The smallest absolute Gasteiger partial charge is 0.225 e. The minimum absolute atomic E-state index is 0.0511. The van der Waals surface area contributed by atoms with Crippen molar-refractivity contribution >= 4 is 5.91 Å². The second kappa shape index (κ2) is 5.36. The number of hydrogen-bond acceptors (Lipinski definition) is 3. The Morgan fingerprint density at radius 1 is 1.59 bits per heavy atom. The van der Waals surface area contributed by atoms with Crippen LogP contribution in [0.5, 0.6) is 0 Å². The molecule has 4 heteroatoms. The second-order valence-electron chi connectivity index (χ2n) is 5.78. The number of hydrogen-bond donors (Lipinski definition) is 2. The summed E-state index contributed by atoms with van der Waals surface area (Å²) < 4.78 is 5.43. The van der Waals surface area contributed by atoms with Crippen LogP contribution >= 0.6 is 0 Å². The van der Waals surface area contributed by atoms with Crippen molar-refractivity contribution in [2.24, 2.45) is 11.3 Å². The predicted octanol–water partition coefficient (Wildman–Crippen LogP) is 0.917. The minimum Gasteiger partial charge on any atom is -0.378 e. The second-order valence-corrected chi connectivity index (χ2v) is 5.78. The Morgan fingerprint density at radius 2 is 2.41 bits per heavy atom. The maximum atomic E-state index is 12.0. The summed E-state index contributed by atoms with van der Waals surface area (Å²) in [5, 5.41) is 6.51. The number of amides is 1. The van der Waals surface area contributed by atoms with Crippen LogP contribution in [0.3, 0.4) is 0 Å². The highest BCUT2D eigenvalue weighted by molar-refractivity contribution is 5.79. The maximum Gasteiger partial charge on any atom is 0.225 e. The molecule has 4 nitrogen and oxygen atoms in total. The Labute approximate surface area is 103 Å². The van der Waals surface area contributed by atoms with E-state index in [1.165, 1.54) is 12.8 Å². The summed E-state index contributed by atoms with van der Waals surface area (Å²) in [6.45, 7) is 7.84. The summed E-state index contributed by atoms with van der Waals surface area (Å²) in [6, 6.07) is 0. The van der Waals surface area contributed by atoms with Crippen LogP contribution in [0.4, 0.5) is 0 Å². The summed E-state index contributed by atoms with van der Waals surface area (Å²) in [4.78, 5) is 12.0. The highest BCUT2D eigenvalue weighted by atomic mass is 16.5. The average molecular weight is 240 g/mol. The topological polar surface area (TPSA) is 50.4 Å². The summed E-state index contributed by atoms with van der Waals surface area (Å²) in [5.74, 6) is 0.219. The first-order chi connectivity index (χ1) is 8.11. The van der Waals surface area contributed by atoms with Gasteiger partial charge in [0.25, 0.3) is 0 Å². The van der Waals surface area contributed by atoms with Crippen LogP contribution < -0.4 is 10.6 Å². The molecule has 17 heavy (non-hydrogen) atoms. The van der Waals surface area contributed by atoms with Gasteiger partial charge in [0.2, 0.25) is 5.91 Å². The zero-order chi connectivity index (χ0) is 12.3. The van der Waals surface area contributed by atoms with Crippen molar-refractivity contribution in [3.05, 3.63) is 0 Å². The normalized spacial score (nSPS) is 38.0. The quantitative estimate of drug-likeness (QED) is 0.771. The predicted molar refractivity (Wildman–Crippen MR) is 66.7 cm³/mol. The molecule has 2 aliphatic rings. The molecule has 3 unspecified atom stereocenters. The zero-order valence-electron chi connectivity index (χ0n) is 10.9. The van der Waals surface area contributed by atoms with Gasteiger partial charge in [-0.2, -0.15) is 0 Å². The molecule has 1 amide bonds. The van der Waals surface area contributed by atoms with Gasteiger partial charge in [0.15, 0.2) is 0 Å². The van der Waals surface area contributed by atoms with Gasteiger partial charge in [0.1, 0.15) is 0 Å². The van der Waals surface area contributed by atoms with E-state index in [1.807, 2.05) is 6.92 Å². The fourth-order valence-electron chi connectivity index (χ4n) is 2.78. The van der Waals surface area contributed by atoms with E-state index in [0.717, 1.165) is 32.7 Å². The number of carbonyl (C=O) groups is 1. The van der Waals surface area contributed by atoms with Crippen LogP contribution in [0.15, 0.2) is 0 Å². The third-order valence-corrected chi connectivity index (χ3v) is 4.09. The number of ether oxygens (including phenoxy) is 1. The van der Waals surface area contributed by atoms with Gasteiger partial charge in [0.05, 0.1) is 12.0 Å². The standard InChI is InChI=1S/C13H24N2O2/c1-10-11(4-7-17-10)12(16)15-9-13(2)5-3-6-14-8-13/h10-11,14H,3-9H2,1-2H3,(H,15,16). The monoisotopic (exact) mass is 240 g/mol. The molecule has 0 aromatic carbocycles. The molecule has 0 spiro atoms. The van der Waals surface area contributed by atoms with Gasteiger partial charge >= 0.3 is 0 Å². The van der Waals surface area contributed by atoms with Crippen molar-refractivity contribution in [1.82, 2.24) is 10.6 Å². The van der Waals surface area contributed by atoms with Crippen LogP contribution in [0.2, 0.25) is 0 Å². The lowest BCUT2D eigenvalue weighted by Crippen LogP contribution is -2.47. The van der Waals surface area contributed by atoms with Gasteiger partial charge in [-0.05, 0) is 38.1 Å². The van der Waals surface area contributed by atoms with Crippen LogP contribution in [-0.2, 0) is 9.53 Å². The molecule has 0 radical (unpaired) electrons. The Morgan fingerprint density at radius 3 is 3.00 bits per heavy atom. The summed E-state index contributed by atoms with van der Waals surface area (Å²) in [7, 11) is 0. The zero-order valence-corrected chi connectivity index (χ0v) is 10.9. The number of carbonyl (C=O) groups excluding carboxylic acids is 1. The van der Waals surface area contributed by atoms with Crippen LogP contribution in [-0.4, -0.2) is 38.3 Å². The summed E-state index contributed by atoms with van der Waals surface area (Å²) in [6.07, 6.45) is 3.33. The molecule has 2 heterocycles. The lowest BCUT2D eigenvalue weighted by molar-refractivity contribution is -0.126. The molecule has 2 aliphatic heterocycles. The number of rotatable bonds is 3. The van der Waals surface area contributed by atoms with Crippen LogP contribution in [0.25, 0.3) is 0 Å². The number of piperidine rings is 1. The van der Waals surface area contributed by atoms with Crippen molar-refractivity contribution in [2.45, 2.75) is 39.2 Å². The van der Waals surface area contributed by atoms with Crippen LogP contribution in [0.1, 0.15) is 33.1 Å². The third-order valence-electron chi connectivity index (χ3n) is 4.09. The molecular weight excluding hydrogens is 216 g/mol. The Kier molecular flexibility index (Phi) is 4.05. The molecule has 2 fully saturated rings. The average Bonchev–Trinajstić information content (AvgIpc) is 2.74. The van der Waals surface area contributed by atoms with Gasteiger partial charge in [-0.25, -0.2) is 0 Å². The van der Waals surface area contributed by atoms with E-state index in [0.29, 0.717) is 0 Å². The molecule has 0 bridgehead atoms. The molecule has 0 saturated carbocycles. The Balaban J connectivity index is 1.79. The molecule has 2 N–H and O–H groups in total. The van der Waals surface area contributed by atoms with Crippen molar-refractivity contribution in [3.8, 4) is 0 Å². The van der Waals surface area contributed by atoms with Gasteiger partial charge < -0.3 is 15.4 Å². The fraction of sp³-hybridized carbons (Fsp3) is 0.923. The summed E-state index contributed by atoms with van der Waals surface area (Å²) in [5.41, 5.74) is 0.219. The first kappa shape index (κ1) is 12.8. The molecule has 0 aromatic heterocycles. The molecule has 2 saturated heterocycles. The first-order valence-electron chi connectivity index (χ1n) is 6.71. The number of nitrogens with one attached hydrogen (secondary N) is 2. The van der Waals surface area contributed by atoms with Crippen molar-refractivity contribution in [1.29, 1.82) is 0 Å². The largest absolute Gasteiger partial charge is 0.378 e. The Hall–Kier alpha value is -0.610. The molecule has 3 atom stereocenters. The van der Waals surface area contributed by atoms with E-state index in [9.17, 15) is 4.79 Å². The Bertz CT molecular complexity index is 275. The third kappa shape index (κ3) is 3.19. The molecule has 98 valence electrons. The van der Waals surface area contributed by atoms with E-state index in [-0.39, 0.29) is 23.3 Å². The molecule has 2 rings (SSSR count). The van der Waals surface area contributed by atoms with E-state index in [4.69, 9.17) is 4.74 Å². The fourth-order valence-corrected chi connectivity index (χ4v) is 2.78. The molecule has 0 aromatic rings. The van der Waals surface area contributed by atoms with Crippen molar-refractivity contribution < 1.29 is 9.53 Å². The van der Waals surface area contributed by atoms with Gasteiger partial charge in [0, 0.05) is 19.7 Å². The SMILES string of the molecule is CC1OCCC1C(=O)NCC1(C)CCCNC1. The van der Waals surface area contributed by atoms with Gasteiger partial charge in [-0.1, -0.05) is 6.92 Å². The van der Waals surface area contributed by atoms with E-state index in [1.54, 1.807) is 0 Å². The van der Waals surface area contributed by atoms with E-state index < -0.39 is 0 Å². The highest BCUT2D eigenvalue weighted by Crippen LogP contribution is 2.25. The lowest BCUT2D eigenvalue weighted by atomic mass is 9.82. The minimum atomic E-state index is 0.0511. The lowest BCUT2D eigenvalue weighted by Gasteiger charge is -2.34. The molecule has 0 aliphatic carbocycles. The van der Waals surface area contributed by atoms with Crippen LogP contribution in [0, 0.1) is 11.3 Å². The first-order valence-corrected chi connectivity index (χ1v) is 6.71. The van der Waals surface area contributed by atoms with Crippen molar-refractivity contribution in [2.75, 3.05) is 26.2 Å². The highest BCUT2D eigenvalue weighted by Gasteiger charge is 2.33. The van der Waals surface area contributed by atoms with E-state index >= 15 is 0 Å². The molecular formula is C13H24N2O2. The van der Waals surface area contributed by atoms with E-state index in [2.05, 4.69) is 17.6 Å². The van der Waals surface area contributed by atoms with Gasteiger partial charge in [-0.3, -0.25) is 4.79 Å².